The predicted molar refractivity (Wildman–Crippen MR) is 161 cm³/mol. The number of fused-ring (bicyclic) bond motifs is 3. The molecule has 0 amide bonds. The van der Waals surface area contributed by atoms with Crippen molar-refractivity contribution in [1.29, 1.82) is 0 Å². The molecule has 0 radical (unpaired) electrons. The SMILES string of the molecule is CCCCCCCCCCCCCCCCCCCCc1ccc2[nH]c3c(I)cccc3c2c1. The molecule has 3 aromatic rings. The highest BCUT2D eigenvalue weighted by atomic mass is 127. The van der Waals surface area contributed by atoms with Crippen LogP contribution in [0, 0.1) is 3.57 Å². The lowest BCUT2D eigenvalue weighted by atomic mass is 10.0. The lowest BCUT2D eigenvalue weighted by molar-refractivity contribution is 0.525. The quantitative estimate of drug-likeness (QED) is 0.108. The van der Waals surface area contributed by atoms with E-state index in [9.17, 15) is 0 Å². The van der Waals surface area contributed by atoms with Gasteiger partial charge in [-0.2, -0.15) is 0 Å². The zero-order valence-corrected chi connectivity index (χ0v) is 23.9. The minimum Gasteiger partial charge on any atom is -0.354 e. The van der Waals surface area contributed by atoms with E-state index in [0.717, 1.165) is 0 Å². The van der Waals surface area contributed by atoms with Crippen LogP contribution >= 0.6 is 22.6 Å². The molecular formula is C32H48IN. The molecule has 0 aliphatic carbocycles. The summed E-state index contributed by atoms with van der Waals surface area (Å²) >= 11 is 2.43. The van der Waals surface area contributed by atoms with Crippen molar-refractivity contribution >= 4 is 44.4 Å². The Kier molecular flexibility index (Phi) is 13.5. The zero-order chi connectivity index (χ0) is 23.8. The summed E-state index contributed by atoms with van der Waals surface area (Å²) in [5.41, 5.74) is 4.04. The van der Waals surface area contributed by atoms with E-state index in [-0.39, 0.29) is 0 Å². The van der Waals surface area contributed by atoms with E-state index in [1.54, 1.807) is 0 Å². The fraction of sp³-hybridized carbons (Fsp3) is 0.625. The molecule has 0 spiro atoms. The van der Waals surface area contributed by atoms with Gasteiger partial charge in [-0.3, -0.25) is 0 Å². The summed E-state index contributed by atoms with van der Waals surface area (Å²) in [7, 11) is 0. The van der Waals surface area contributed by atoms with Gasteiger partial charge in [-0.05, 0) is 59.2 Å². The summed E-state index contributed by atoms with van der Waals surface area (Å²) in [6.45, 7) is 2.30. The van der Waals surface area contributed by atoms with Gasteiger partial charge < -0.3 is 4.98 Å². The maximum atomic E-state index is 3.59. The second kappa shape index (κ2) is 16.6. The number of para-hydroxylation sites is 1. The summed E-state index contributed by atoms with van der Waals surface area (Å²) in [6.07, 6.45) is 27.1. The van der Waals surface area contributed by atoms with Gasteiger partial charge in [-0.15, -0.1) is 0 Å². The first-order chi connectivity index (χ1) is 16.8. The van der Waals surface area contributed by atoms with E-state index in [2.05, 4.69) is 70.9 Å². The van der Waals surface area contributed by atoms with Gasteiger partial charge in [0, 0.05) is 19.9 Å². The third-order valence-electron chi connectivity index (χ3n) is 7.47. The number of aromatic amines is 1. The minimum atomic E-state index is 1.21. The van der Waals surface area contributed by atoms with Crippen molar-refractivity contribution in [1.82, 2.24) is 4.98 Å². The van der Waals surface area contributed by atoms with Crippen LogP contribution in [0.3, 0.4) is 0 Å². The molecule has 3 rings (SSSR count). The van der Waals surface area contributed by atoms with Crippen LogP contribution in [0.1, 0.15) is 128 Å². The number of unbranched alkanes of at least 4 members (excludes halogenated alkanes) is 17. The molecule has 0 aliphatic heterocycles. The number of hydrogen-bond donors (Lipinski definition) is 1. The monoisotopic (exact) mass is 573 g/mol. The zero-order valence-electron chi connectivity index (χ0n) is 21.8. The number of benzene rings is 2. The Morgan fingerprint density at radius 1 is 0.588 bits per heavy atom. The summed E-state index contributed by atoms with van der Waals surface area (Å²) in [5.74, 6) is 0. The van der Waals surface area contributed by atoms with Crippen molar-refractivity contribution in [2.75, 3.05) is 0 Å². The van der Waals surface area contributed by atoms with Crippen LogP contribution < -0.4 is 0 Å². The van der Waals surface area contributed by atoms with E-state index in [4.69, 9.17) is 0 Å². The molecule has 0 unspecified atom stereocenters. The number of rotatable bonds is 19. The highest BCUT2D eigenvalue weighted by Gasteiger charge is 2.07. The van der Waals surface area contributed by atoms with Crippen LogP contribution in [-0.2, 0) is 6.42 Å². The predicted octanol–water partition coefficient (Wildman–Crippen LogP) is 11.5. The van der Waals surface area contributed by atoms with Gasteiger partial charge in [0.15, 0.2) is 0 Å². The lowest BCUT2D eigenvalue weighted by Crippen LogP contribution is -1.87. The average Bonchev–Trinajstić information content (AvgIpc) is 3.23. The van der Waals surface area contributed by atoms with Crippen LogP contribution in [0.25, 0.3) is 21.8 Å². The fourth-order valence-corrected chi connectivity index (χ4v) is 5.95. The van der Waals surface area contributed by atoms with E-state index < -0.39 is 0 Å². The van der Waals surface area contributed by atoms with Crippen molar-refractivity contribution in [3.63, 3.8) is 0 Å². The molecule has 188 valence electrons. The molecule has 0 fully saturated rings. The fourth-order valence-electron chi connectivity index (χ4n) is 5.32. The molecule has 1 nitrogen and oxygen atoms in total. The van der Waals surface area contributed by atoms with E-state index in [1.807, 2.05) is 0 Å². The Hall–Kier alpha value is -1.03. The number of hydrogen-bond acceptors (Lipinski definition) is 0. The van der Waals surface area contributed by atoms with Crippen LogP contribution in [0.15, 0.2) is 36.4 Å². The van der Waals surface area contributed by atoms with Gasteiger partial charge in [0.2, 0.25) is 0 Å². The number of H-pyrrole nitrogens is 1. The molecule has 1 N–H and O–H groups in total. The average molecular weight is 574 g/mol. The Morgan fingerprint density at radius 2 is 1.12 bits per heavy atom. The summed E-state index contributed by atoms with van der Waals surface area (Å²) in [5, 5.41) is 2.75. The Balaban J connectivity index is 1.15. The molecule has 1 heterocycles. The molecule has 2 aromatic carbocycles. The lowest BCUT2D eigenvalue weighted by Gasteiger charge is -2.04. The molecule has 2 heteroatoms. The van der Waals surface area contributed by atoms with Gasteiger partial charge in [-0.1, -0.05) is 134 Å². The van der Waals surface area contributed by atoms with Crippen LogP contribution in [-0.4, -0.2) is 4.98 Å². The van der Waals surface area contributed by atoms with Crippen molar-refractivity contribution in [2.45, 2.75) is 129 Å². The highest BCUT2D eigenvalue weighted by molar-refractivity contribution is 14.1. The molecular weight excluding hydrogens is 525 g/mol. The Bertz CT molecular complexity index is 941. The van der Waals surface area contributed by atoms with Gasteiger partial charge in [0.25, 0.3) is 0 Å². The van der Waals surface area contributed by atoms with Crippen LogP contribution in [0.5, 0.6) is 0 Å². The molecule has 0 saturated carbocycles. The smallest absolute Gasteiger partial charge is 0.0600 e. The summed E-state index contributed by atoms with van der Waals surface area (Å²) in [4.78, 5) is 3.59. The second-order valence-electron chi connectivity index (χ2n) is 10.4. The number of aromatic nitrogens is 1. The normalized spacial score (nSPS) is 11.7. The first-order valence-corrected chi connectivity index (χ1v) is 15.6. The molecule has 0 saturated heterocycles. The number of aryl methyl sites for hydroxylation is 1. The third-order valence-corrected chi connectivity index (χ3v) is 8.37. The number of nitrogens with one attached hydrogen (secondary N) is 1. The largest absolute Gasteiger partial charge is 0.354 e. The van der Waals surface area contributed by atoms with E-state index in [1.165, 1.54) is 153 Å². The molecule has 0 bridgehead atoms. The molecule has 34 heavy (non-hydrogen) atoms. The van der Waals surface area contributed by atoms with Crippen molar-refractivity contribution < 1.29 is 0 Å². The topological polar surface area (TPSA) is 15.8 Å². The van der Waals surface area contributed by atoms with Crippen molar-refractivity contribution in [3.05, 3.63) is 45.5 Å². The maximum absolute atomic E-state index is 3.59. The van der Waals surface area contributed by atoms with Gasteiger partial charge in [-0.25, -0.2) is 0 Å². The summed E-state index contributed by atoms with van der Waals surface area (Å²) < 4.78 is 1.30. The second-order valence-corrected chi connectivity index (χ2v) is 11.6. The van der Waals surface area contributed by atoms with E-state index in [0.29, 0.717) is 0 Å². The van der Waals surface area contributed by atoms with Crippen molar-refractivity contribution in [3.8, 4) is 0 Å². The van der Waals surface area contributed by atoms with Crippen molar-refractivity contribution in [2.24, 2.45) is 0 Å². The first kappa shape index (κ1) is 27.6. The van der Waals surface area contributed by atoms with Gasteiger partial charge >= 0.3 is 0 Å². The number of halogens is 1. The van der Waals surface area contributed by atoms with Gasteiger partial charge in [0.1, 0.15) is 0 Å². The molecule has 0 aliphatic rings. The minimum absolute atomic E-state index is 1.21. The summed E-state index contributed by atoms with van der Waals surface area (Å²) in [6, 6.07) is 13.6. The standard InChI is InChI=1S/C32H48IN/c1-2-3-4-5-6-7-8-9-10-11-12-13-14-15-16-17-18-19-21-27-24-25-31-29(26-27)28-22-20-23-30(33)32(28)34-31/h20,22-26,34H,2-19,21H2,1H3. The first-order valence-electron chi connectivity index (χ1n) is 14.5. The molecule has 0 atom stereocenters. The van der Waals surface area contributed by atoms with Crippen LogP contribution in [0.2, 0.25) is 0 Å². The maximum Gasteiger partial charge on any atom is 0.0600 e. The van der Waals surface area contributed by atoms with Crippen LogP contribution in [0.4, 0.5) is 0 Å². The Morgan fingerprint density at radius 3 is 1.68 bits per heavy atom. The third kappa shape index (κ3) is 9.55. The van der Waals surface area contributed by atoms with Gasteiger partial charge in [0.05, 0.1) is 5.52 Å². The molecule has 1 aromatic heterocycles. The Labute approximate surface area is 223 Å². The van der Waals surface area contributed by atoms with E-state index >= 15 is 0 Å². The highest BCUT2D eigenvalue weighted by Crippen LogP contribution is 2.29.